The Morgan fingerprint density at radius 1 is 0.709 bits per heavy atom. The lowest BCUT2D eigenvalue weighted by molar-refractivity contribution is -0.0586. The van der Waals surface area contributed by atoms with Gasteiger partial charge in [0.15, 0.2) is 10.9 Å². The van der Waals surface area contributed by atoms with Crippen LogP contribution in [0, 0.1) is 0 Å². The third-order valence-electron chi connectivity index (χ3n) is 11.7. The molecule has 2 atom stereocenters. The SMILES string of the molecule is CC1([C@@H]2OCCc3cccc(OS(=O)(=O)C(c4ccccc4)(c4ccccc4)c4ccccc4)c32)CCCN1C(=O)OC1c2ccccc2-c2ccccc21. The van der Waals surface area contributed by atoms with Crippen molar-refractivity contribution in [3.8, 4) is 16.9 Å². The third-order valence-corrected chi connectivity index (χ3v) is 13.5. The van der Waals surface area contributed by atoms with Crippen molar-refractivity contribution in [2.45, 2.75) is 48.7 Å². The molecule has 0 spiro atoms. The number of likely N-dealkylation sites (tertiary alicyclic amines) is 1. The second kappa shape index (κ2) is 13.9. The van der Waals surface area contributed by atoms with Crippen molar-refractivity contribution in [1.82, 2.24) is 4.90 Å². The van der Waals surface area contributed by atoms with E-state index in [9.17, 15) is 4.79 Å². The van der Waals surface area contributed by atoms with E-state index in [2.05, 4.69) is 12.1 Å². The van der Waals surface area contributed by atoms with Crippen LogP contribution in [0.25, 0.3) is 11.1 Å². The van der Waals surface area contributed by atoms with Crippen LogP contribution < -0.4 is 4.18 Å². The smallest absolute Gasteiger partial charge is 0.411 e. The molecule has 6 aromatic carbocycles. The first-order chi connectivity index (χ1) is 26.8. The Morgan fingerprint density at radius 2 is 1.24 bits per heavy atom. The molecule has 0 saturated carbocycles. The van der Waals surface area contributed by atoms with Crippen LogP contribution in [0.3, 0.4) is 0 Å². The monoisotopic (exact) mass is 747 g/mol. The van der Waals surface area contributed by atoms with Crippen molar-refractivity contribution < 1.29 is 26.9 Å². The largest absolute Gasteiger partial charge is 0.436 e. The molecule has 1 aliphatic carbocycles. The molecule has 0 N–H and O–H groups in total. The summed E-state index contributed by atoms with van der Waals surface area (Å²) >= 11 is 0. The summed E-state index contributed by atoms with van der Waals surface area (Å²) in [4.78, 5) is 16.2. The number of carbonyl (C=O) groups is 1. The van der Waals surface area contributed by atoms with E-state index in [-0.39, 0.29) is 5.75 Å². The fourth-order valence-electron chi connectivity index (χ4n) is 9.13. The molecule has 276 valence electrons. The van der Waals surface area contributed by atoms with Gasteiger partial charge in [0.1, 0.15) is 11.9 Å². The Morgan fingerprint density at radius 3 is 1.80 bits per heavy atom. The van der Waals surface area contributed by atoms with Crippen molar-refractivity contribution in [3.63, 3.8) is 0 Å². The fourth-order valence-corrected chi connectivity index (χ4v) is 10.9. The molecular weight excluding hydrogens is 707 g/mol. The molecule has 0 radical (unpaired) electrons. The molecule has 1 saturated heterocycles. The number of nitrogens with zero attached hydrogens (tertiary/aromatic N) is 1. The van der Waals surface area contributed by atoms with Crippen LogP contribution in [0.2, 0.25) is 0 Å². The number of amides is 1. The summed E-state index contributed by atoms with van der Waals surface area (Å²) in [6.45, 7) is 2.91. The van der Waals surface area contributed by atoms with Gasteiger partial charge in [-0.2, -0.15) is 8.42 Å². The summed E-state index contributed by atoms with van der Waals surface area (Å²) in [7, 11) is -4.56. The number of fused-ring (bicyclic) bond motifs is 4. The van der Waals surface area contributed by atoms with Gasteiger partial charge in [-0.25, -0.2) is 4.79 Å². The summed E-state index contributed by atoms with van der Waals surface area (Å²) in [5.74, 6) is 0.189. The summed E-state index contributed by atoms with van der Waals surface area (Å²) in [5, 5.41) is 0. The highest BCUT2D eigenvalue weighted by Crippen LogP contribution is 2.52. The highest BCUT2D eigenvalue weighted by atomic mass is 32.2. The summed E-state index contributed by atoms with van der Waals surface area (Å²) in [5.41, 5.74) is 6.39. The van der Waals surface area contributed by atoms with Gasteiger partial charge in [-0.1, -0.05) is 152 Å². The van der Waals surface area contributed by atoms with Gasteiger partial charge in [0.25, 0.3) is 0 Å². The maximum Gasteiger partial charge on any atom is 0.411 e. The lowest BCUT2D eigenvalue weighted by Gasteiger charge is -2.44. The second-order valence-corrected chi connectivity index (χ2v) is 16.4. The van der Waals surface area contributed by atoms with Gasteiger partial charge in [0.2, 0.25) is 0 Å². The minimum atomic E-state index is -4.56. The first-order valence-corrected chi connectivity index (χ1v) is 20.2. The molecule has 3 aliphatic rings. The molecule has 0 bridgehead atoms. The summed E-state index contributed by atoms with van der Waals surface area (Å²) in [6.07, 6.45) is 0.275. The quantitative estimate of drug-likeness (QED) is 0.114. The zero-order valence-electron chi connectivity index (χ0n) is 30.5. The molecule has 55 heavy (non-hydrogen) atoms. The Bertz CT molecular complexity index is 2330. The first-order valence-electron chi connectivity index (χ1n) is 18.8. The van der Waals surface area contributed by atoms with Gasteiger partial charge in [-0.05, 0) is 65.6 Å². The van der Waals surface area contributed by atoms with Crippen LogP contribution >= 0.6 is 0 Å². The number of hydrogen-bond donors (Lipinski definition) is 0. The Labute approximate surface area is 322 Å². The molecular formula is C47H41NO6S. The van der Waals surface area contributed by atoms with E-state index in [0.717, 1.165) is 34.2 Å². The number of carbonyl (C=O) groups excluding carboxylic acids is 1. The van der Waals surface area contributed by atoms with E-state index < -0.39 is 38.7 Å². The third kappa shape index (κ3) is 5.66. The fraction of sp³-hybridized carbons (Fsp3) is 0.213. The standard InChI is InChI=1S/C47H41NO6S/c1-46(30-16-31-48(46)45(49)53-43-39-26-13-11-24-37(39)38-25-12-14-27-40(38)43)44-42-33(29-32-52-44)17-15-28-41(42)54-55(50,51)47(34-18-5-2-6-19-34,35-20-7-3-8-21-35)36-22-9-4-10-23-36/h2-15,17-28,43-44H,16,29-32H2,1H3/t44-,46?/m1/s1. The van der Waals surface area contributed by atoms with Crippen molar-refractivity contribution in [2.75, 3.05) is 13.2 Å². The van der Waals surface area contributed by atoms with Crippen LogP contribution in [-0.2, 0) is 30.8 Å². The van der Waals surface area contributed by atoms with E-state index in [1.54, 1.807) is 11.0 Å². The number of hydrogen-bond acceptors (Lipinski definition) is 6. The van der Waals surface area contributed by atoms with E-state index >= 15 is 8.42 Å². The Kier molecular flexibility index (Phi) is 8.83. The van der Waals surface area contributed by atoms with Gasteiger partial charge in [0.05, 0.1) is 12.1 Å². The number of benzene rings is 6. The normalized spacial score (nSPS) is 19.3. The predicted molar refractivity (Wildman–Crippen MR) is 212 cm³/mol. The van der Waals surface area contributed by atoms with Gasteiger partial charge >= 0.3 is 16.2 Å². The van der Waals surface area contributed by atoms with Gasteiger partial charge < -0.3 is 13.7 Å². The molecule has 0 aromatic heterocycles. The molecule has 2 heterocycles. The highest BCUT2D eigenvalue weighted by molar-refractivity contribution is 7.88. The predicted octanol–water partition coefficient (Wildman–Crippen LogP) is 9.76. The maximum absolute atomic E-state index is 15.4. The van der Waals surface area contributed by atoms with Crippen LogP contribution in [0.1, 0.15) is 70.9 Å². The van der Waals surface area contributed by atoms with Crippen LogP contribution in [-0.4, -0.2) is 38.1 Å². The number of ether oxygens (including phenoxy) is 2. The second-order valence-electron chi connectivity index (χ2n) is 14.7. The number of rotatable bonds is 8. The molecule has 8 heteroatoms. The zero-order chi connectivity index (χ0) is 37.6. The minimum Gasteiger partial charge on any atom is -0.436 e. The zero-order valence-corrected chi connectivity index (χ0v) is 31.3. The highest BCUT2D eigenvalue weighted by Gasteiger charge is 2.54. The molecule has 1 amide bonds. The van der Waals surface area contributed by atoms with E-state index in [0.29, 0.717) is 48.2 Å². The van der Waals surface area contributed by atoms with E-state index in [4.69, 9.17) is 13.7 Å². The molecule has 2 aliphatic heterocycles. The van der Waals surface area contributed by atoms with Gasteiger partial charge in [-0.15, -0.1) is 0 Å². The average molecular weight is 748 g/mol. The minimum absolute atomic E-state index is 0.189. The lowest BCUT2D eigenvalue weighted by atomic mass is 9.82. The van der Waals surface area contributed by atoms with E-state index in [1.807, 2.05) is 146 Å². The molecule has 1 unspecified atom stereocenters. The van der Waals surface area contributed by atoms with Crippen LogP contribution in [0.4, 0.5) is 4.79 Å². The van der Waals surface area contributed by atoms with Crippen molar-refractivity contribution in [1.29, 1.82) is 0 Å². The maximum atomic E-state index is 15.4. The van der Waals surface area contributed by atoms with Crippen molar-refractivity contribution >= 4 is 16.2 Å². The van der Waals surface area contributed by atoms with Gasteiger partial charge in [0, 0.05) is 23.2 Å². The summed E-state index contributed by atoms with van der Waals surface area (Å²) in [6, 6.07) is 49.3. The Hall–Kier alpha value is -5.70. The van der Waals surface area contributed by atoms with Crippen molar-refractivity contribution in [3.05, 3.63) is 197 Å². The molecule has 9 rings (SSSR count). The first kappa shape index (κ1) is 35.0. The average Bonchev–Trinajstić information content (AvgIpc) is 3.77. The molecule has 1 fully saturated rings. The molecule has 7 nitrogen and oxygen atoms in total. The summed E-state index contributed by atoms with van der Waals surface area (Å²) < 4.78 is 48.7. The van der Waals surface area contributed by atoms with E-state index in [1.165, 1.54) is 0 Å². The Balaban J connectivity index is 1.11. The van der Waals surface area contributed by atoms with Crippen LogP contribution in [0.5, 0.6) is 5.75 Å². The molecule has 6 aromatic rings. The van der Waals surface area contributed by atoms with Crippen LogP contribution in [0.15, 0.2) is 158 Å². The van der Waals surface area contributed by atoms with Gasteiger partial charge in [-0.3, -0.25) is 4.90 Å². The lowest BCUT2D eigenvalue weighted by Crippen LogP contribution is -2.51. The topological polar surface area (TPSA) is 82.1 Å². The van der Waals surface area contributed by atoms with Crippen molar-refractivity contribution in [2.24, 2.45) is 0 Å².